The number of halogens is 1. The maximum Gasteiger partial charge on any atom is 0.317 e. The maximum absolute atomic E-state index is 13.5. The van der Waals surface area contributed by atoms with Crippen molar-refractivity contribution in [3.8, 4) is 0 Å². The van der Waals surface area contributed by atoms with Crippen LogP contribution in [0.5, 0.6) is 0 Å². The Hall–Kier alpha value is -2.30. The molecule has 2 N–H and O–H groups in total. The number of carbonyl (C=O) groups is 1. The summed E-state index contributed by atoms with van der Waals surface area (Å²) in [6, 6.07) is 4.86. The van der Waals surface area contributed by atoms with Gasteiger partial charge in [-0.15, -0.1) is 0 Å². The number of carbonyl (C=O) groups excluding carboxylic acids is 1. The molecular formula is C17H20FN3O. The zero-order valence-electron chi connectivity index (χ0n) is 12.8. The van der Waals surface area contributed by atoms with Crippen molar-refractivity contribution in [2.75, 3.05) is 13.1 Å². The predicted octanol–water partition coefficient (Wildman–Crippen LogP) is 3.51. The van der Waals surface area contributed by atoms with Gasteiger partial charge in [0, 0.05) is 41.8 Å². The van der Waals surface area contributed by atoms with Crippen LogP contribution in [0.4, 0.5) is 9.18 Å². The van der Waals surface area contributed by atoms with Crippen LogP contribution >= 0.6 is 0 Å². The topological polar surface area (TPSA) is 48.1 Å². The summed E-state index contributed by atoms with van der Waals surface area (Å²) in [7, 11) is 0. The lowest BCUT2D eigenvalue weighted by atomic mass is 9.99. The molecule has 0 saturated heterocycles. The Kier molecular flexibility index (Phi) is 3.88. The molecule has 1 aromatic carbocycles. The molecule has 0 spiro atoms. The van der Waals surface area contributed by atoms with Crippen LogP contribution in [0.15, 0.2) is 30.5 Å². The standard InChI is InChI=1S/C17H20FN3O/c1-11(2)20-17(22)21-7-5-12(6-8-21)15-10-19-16-4-3-13(18)9-14(15)16/h3-5,9-11,19H,6-8H2,1-2H3,(H,20,22). The largest absolute Gasteiger partial charge is 0.361 e. The molecule has 2 amide bonds. The summed E-state index contributed by atoms with van der Waals surface area (Å²) in [5.74, 6) is -0.234. The lowest BCUT2D eigenvalue weighted by molar-refractivity contribution is 0.200. The number of hydrogen-bond acceptors (Lipinski definition) is 1. The van der Waals surface area contributed by atoms with Crippen LogP contribution in [-0.4, -0.2) is 35.0 Å². The van der Waals surface area contributed by atoms with Crippen molar-refractivity contribution in [2.45, 2.75) is 26.3 Å². The SMILES string of the molecule is CC(C)NC(=O)N1CC=C(c2c[nH]c3ccc(F)cc23)CC1. The number of aromatic amines is 1. The Morgan fingerprint density at radius 3 is 2.91 bits per heavy atom. The van der Waals surface area contributed by atoms with Gasteiger partial charge in [0.05, 0.1) is 0 Å². The van der Waals surface area contributed by atoms with Gasteiger partial charge in [-0.05, 0) is 44.0 Å². The van der Waals surface area contributed by atoms with Gasteiger partial charge >= 0.3 is 6.03 Å². The summed E-state index contributed by atoms with van der Waals surface area (Å²) in [4.78, 5) is 17.0. The number of amides is 2. The smallest absolute Gasteiger partial charge is 0.317 e. The molecule has 0 unspecified atom stereocenters. The lowest BCUT2D eigenvalue weighted by Crippen LogP contribution is -2.44. The number of urea groups is 1. The fourth-order valence-corrected chi connectivity index (χ4v) is 2.79. The van der Waals surface area contributed by atoms with Gasteiger partial charge in [-0.3, -0.25) is 0 Å². The fourth-order valence-electron chi connectivity index (χ4n) is 2.79. The zero-order valence-corrected chi connectivity index (χ0v) is 12.8. The summed E-state index contributed by atoms with van der Waals surface area (Å²) in [5, 5.41) is 3.80. The quantitative estimate of drug-likeness (QED) is 0.876. The van der Waals surface area contributed by atoms with E-state index >= 15 is 0 Å². The van der Waals surface area contributed by atoms with Gasteiger partial charge in [0.1, 0.15) is 5.82 Å². The number of fused-ring (bicyclic) bond motifs is 1. The van der Waals surface area contributed by atoms with Gasteiger partial charge in [0.2, 0.25) is 0 Å². The minimum Gasteiger partial charge on any atom is -0.361 e. The molecule has 1 aromatic heterocycles. The van der Waals surface area contributed by atoms with E-state index in [4.69, 9.17) is 0 Å². The second-order valence-corrected chi connectivity index (χ2v) is 5.92. The molecule has 0 bridgehead atoms. The number of H-pyrrole nitrogens is 1. The van der Waals surface area contributed by atoms with Crippen LogP contribution in [0.2, 0.25) is 0 Å². The van der Waals surface area contributed by atoms with Crippen molar-refractivity contribution in [1.82, 2.24) is 15.2 Å². The van der Waals surface area contributed by atoms with Crippen molar-refractivity contribution in [1.29, 1.82) is 0 Å². The predicted molar refractivity (Wildman–Crippen MR) is 86.1 cm³/mol. The third-order valence-corrected chi connectivity index (χ3v) is 3.90. The van der Waals surface area contributed by atoms with E-state index in [0.29, 0.717) is 13.1 Å². The van der Waals surface area contributed by atoms with Crippen LogP contribution in [0, 0.1) is 5.82 Å². The molecule has 0 radical (unpaired) electrons. The Bertz CT molecular complexity index is 733. The summed E-state index contributed by atoms with van der Waals surface area (Å²) >= 11 is 0. The second-order valence-electron chi connectivity index (χ2n) is 5.92. The van der Waals surface area contributed by atoms with Crippen LogP contribution in [0.25, 0.3) is 16.5 Å². The molecular weight excluding hydrogens is 281 g/mol. The summed E-state index contributed by atoms with van der Waals surface area (Å²) < 4.78 is 13.5. The van der Waals surface area contributed by atoms with Crippen molar-refractivity contribution < 1.29 is 9.18 Å². The Labute approximate surface area is 129 Å². The molecule has 0 atom stereocenters. The highest BCUT2D eigenvalue weighted by molar-refractivity contribution is 5.93. The third kappa shape index (κ3) is 2.84. The van der Waals surface area contributed by atoms with E-state index in [0.717, 1.165) is 28.5 Å². The van der Waals surface area contributed by atoms with E-state index < -0.39 is 0 Å². The molecule has 1 aliphatic rings. The Balaban J connectivity index is 1.80. The molecule has 1 aliphatic heterocycles. The summed E-state index contributed by atoms with van der Waals surface area (Å²) in [6.07, 6.45) is 4.74. The van der Waals surface area contributed by atoms with Gasteiger partial charge in [0.15, 0.2) is 0 Å². The highest BCUT2D eigenvalue weighted by Gasteiger charge is 2.19. The summed E-state index contributed by atoms with van der Waals surface area (Å²) in [5.41, 5.74) is 3.11. The van der Waals surface area contributed by atoms with E-state index in [1.165, 1.54) is 6.07 Å². The number of aromatic nitrogens is 1. The minimum atomic E-state index is -0.234. The van der Waals surface area contributed by atoms with E-state index in [1.807, 2.05) is 20.0 Å². The first kappa shape index (κ1) is 14.6. The van der Waals surface area contributed by atoms with Crippen molar-refractivity contribution in [3.05, 3.63) is 41.9 Å². The first-order valence-electron chi connectivity index (χ1n) is 7.56. The van der Waals surface area contributed by atoms with E-state index in [9.17, 15) is 9.18 Å². The molecule has 3 rings (SSSR count). The molecule has 0 saturated carbocycles. The van der Waals surface area contributed by atoms with Crippen LogP contribution in [0.1, 0.15) is 25.8 Å². The normalized spacial score (nSPS) is 15.3. The monoisotopic (exact) mass is 301 g/mol. The first-order chi connectivity index (χ1) is 10.5. The molecule has 0 aliphatic carbocycles. The third-order valence-electron chi connectivity index (χ3n) is 3.90. The van der Waals surface area contributed by atoms with Gasteiger partial charge in [-0.2, -0.15) is 0 Å². The number of benzene rings is 1. The number of nitrogens with one attached hydrogen (secondary N) is 2. The van der Waals surface area contributed by atoms with Gasteiger partial charge in [-0.25, -0.2) is 9.18 Å². The average Bonchev–Trinajstić information content (AvgIpc) is 2.89. The van der Waals surface area contributed by atoms with Crippen molar-refractivity contribution >= 4 is 22.5 Å². The summed E-state index contributed by atoms with van der Waals surface area (Å²) in [6.45, 7) is 5.15. The number of nitrogens with zero attached hydrogens (tertiary/aromatic N) is 1. The van der Waals surface area contributed by atoms with E-state index in [-0.39, 0.29) is 17.9 Å². The lowest BCUT2D eigenvalue weighted by Gasteiger charge is -2.27. The van der Waals surface area contributed by atoms with Crippen LogP contribution in [-0.2, 0) is 0 Å². The number of hydrogen-bond donors (Lipinski definition) is 2. The molecule has 4 nitrogen and oxygen atoms in total. The fraction of sp³-hybridized carbons (Fsp3) is 0.353. The van der Waals surface area contributed by atoms with Crippen molar-refractivity contribution in [2.24, 2.45) is 0 Å². The van der Waals surface area contributed by atoms with Gasteiger partial charge in [0.25, 0.3) is 0 Å². The Morgan fingerprint density at radius 1 is 1.41 bits per heavy atom. The highest BCUT2D eigenvalue weighted by Crippen LogP contribution is 2.29. The van der Waals surface area contributed by atoms with E-state index in [1.54, 1.807) is 17.0 Å². The van der Waals surface area contributed by atoms with Gasteiger partial charge < -0.3 is 15.2 Å². The molecule has 116 valence electrons. The number of rotatable bonds is 2. The average molecular weight is 301 g/mol. The van der Waals surface area contributed by atoms with E-state index in [2.05, 4.69) is 16.4 Å². The zero-order chi connectivity index (χ0) is 15.7. The van der Waals surface area contributed by atoms with Crippen LogP contribution in [0.3, 0.4) is 0 Å². The second kappa shape index (κ2) is 5.83. The maximum atomic E-state index is 13.5. The van der Waals surface area contributed by atoms with Crippen LogP contribution < -0.4 is 5.32 Å². The molecule has 5 heteroatoms. The van der Waals surface area contributed by atoms with Gasteiger partial charge in [-0.1, -0.05) is 6.08 Å². The highest BCUT2D eigenvalue weighted by atomic mass is 19.1. The molecule has 22 heavy (non-hydrogen) atoms. The van der Waals surface area contributed by atoms with Crippen molar-refractivity contribution in [3.63, 3.8) is 0 Å². The first-order valence-corrected chi connectivity index (χ1v) is 7.56. The molecule has 0 fully saturated rings. The molecule has 2 heterocycles. The Morgan fingerprint density at radius 2 is 2.23 bits per heavy atom. The minimum absolute atomic E-state index is 0.0322. The molecule has 2 aromatic rings.